The van der Waals surface area contributed by atoms with Crippen molar-refractivity contribution in [3.63, 3.8) is 0 Å². The molecule has 0 heterocycles. The van der Waals surface area contributed by atoms with Crippen LogP contribution in [-0.2, 0) is 0 Å². The fraction of sp³-hybridized carbons (Fsp3) is 0.684. The number of halogens is 1. The Hall–Kier alpha value is -0.890. The molecule has 0 bridgehead atoms. The summed E-state index contributed by atoms with van der Waals surface area (Å²) in [5.74, 6) is 2.74. The Morgan fingerprint density at radius 3 is 2.24 bits per heavy atom. The monoisotopic (exact) mass is 289 g/mol. The Bertz CT molecular complexity index is 421. The average molecular weight is 289 g/mol. The smallest absolute Gasteiger partial charge is 0.123 e. The quantitative estimate of drug-likeness (QED) is 0.668. The number of hydrogen-bond acceptors (Lipinski definition) is 1. The average Bonchev–Trinajstić information content (AvgIpc) is 3.37. The van der Waals surface area contributed by atoms with Crippen molar-refractivity contribution in [1.82, 2.24) is 5.32 Å². The summed E-state index contributed by atoms with van der Waals surface area (Å²) in [5, 5.41) is 3.81. The van der Waals surface area contributed by atoms with Crippen LogP contribution in [-0.4, -0.2) is 6.54 Å². The van der Waals surface area contributed by atoms with Crippen LogP contribution in [0.15, 0.2) is 24.3 Å². The molecule has 2 aliphatic carbocycles. The van der Waals surface area contributed by atoms with Gasteiger partial charge in [0.2, 0.25) is 0 Å². The topological polar surface area (TPSA) is 12.0 Å². The molecule has 0 amide bonds. The molecule has 0 radical (unpaired) electrons. The van der Waals surface area contributed by atoms with E-state index >= 15 is 0 Å². The minimum absolute atomic E-state index is 0.137. The number of nitrogens with one attached hydrogen (secondary N) is 1. The lowest BCUT2D eigenvalue weighted by Gasteiger charge is -2.23. The molecule has 1 N–H and O–H groups in total. The molecule has 0 saturated heterocycles. The summed E-state index contributed by atoms with van der Waals surface area (Å²) in [6, 6.07) is 7.48. The van der Waals surface area contributed by atoms with Gasteiger partial charge in [0.15, 0.2) is 0 Å². The van der Waals surface area contributed by atoms with Crippen molar-refractivity contribution in [2.24, 2.45) is 17.8 Å². The van der Waals surface area contributed by atoms with E-state index in [1.165, 1.54) is 44.1 Å². The zero-order chi connectivity index (χ0) is 14.7. The van der Waals surface area contributed by atoms with Gasteiger partial charge in [0.05, 0.1) is 0 Å². The molecule has 1 aromatic rings. The molecule has 3 rings (SSSR count). The van der Waals surface area contributed by atoms with Crippen LogP contribution in [0, 0.1) is 23.6 Å². The lowest BCUT2D eigenvalue weighted by molar-refractivity contribution is 0.347. The Kier molecular flexibility index (Phi) is 4.95. The standard InChI is InChI=1S/C19H28FN/c1-2-3-4-19(16-9-11-17(20)12-10-16)21-13-18(14-5-6-14)15-7-8-15/h9-12,14-15,18-19,21H,2-8,13H2,1H3. The second-order valence-corrected chi connectivity index (χ2v) is 6.99. The molecule has 21 heavy (non-hydrogen) atoms. The molecule has 0 aliphatic heterocycles. The predicted molar refractivity (Wildman–Crippen MR) is 85.6 cm³/mol. The maximum absolute atomic E-state index is 13.1. The highest BCUT2D eigenvalue weighted by molar-refractivity contribution is 5.20. The lowest BCUT2D eigenvalue weighted by atomic mass is 9.95. The molecule has 1 atom stereocenters. The minimum Gasteiger partial charge on any atom is -0.310 e. The normalized spacial score (nSPS) is 20.0. The molecule has 1 unspecified atom stereocenters. The Morgan fingerprint density at radius 1 is 1.10 bits per heavy atom. The summed E-state index contributed by atoms with van der Waals surface area (Å²) < 4.78 is 13.1. The molecule has 2 fully saturated rings. The number of benzene rings is 1. The minimum atomic E-state index is -0.137. The number of hydrogen-bond donors (Lipinski definition) is 1. The summed E-state index contributed by atoms with van der Waals surface area (Å²) in [5.41, 5.74) is 1.25. The summed E-state index contributed by atoms with van der Waals surface area (Å²) in [7, 11) is 0. The lowest BCUT2D eigenvalue weighted by Crippen LogP contribution is -2.29. The van der Waals surface area contributed by atoms with Crippen LogP contribution < -0.4 is 5.32 Å². The highest BCUT2D eigenvalue weighted by Crippen LogP contribution is 2.49. The maximum atomic E-state index is 13.1. The van der Waals surface area contributed by atoms with E-state index in [0.29, 0.717) is 6.04 Å². The van der Waals surface area contributed by atoms with Gasteiger partial charge in [-0.15, -0.1) is 0 Å². The van der Waals surface area contributed by atoms with E-state index in [4.69, 9.17) is 0 Å². The summed E-state index contributed by atoms with van der Waals surface area (Å²) in [4.78, 5) is 0. The van der Waals surface area contributed by atoms with Crippen LogP contribution in [0.2, 0.25) is 0 Å². The molecule has 2 heteroatoms. The van der Waals surface area contributed by atoms with Crippen LogP contribution in [0.4, 0.5) is 4.39 Å². The van der Waals surface area contributed by atoms with Gasteiger partial charge in [-0.1, -0.05) is 31.9 Å². The molecule has 0 aromatic heterocycles. The van der Waals surface area contributed by atoms with Crippen LogP contribution in [0.1, 0.15) is 63.5 Å². The molecular weight excluding hydrogens is 261 g/mol. The van der Waals surface area contributed by atoms with Crippen molar-refractivity contribution in [2.45, 2.75) is 57.9 Å². The van der Waals surface area contributed by atoms with E-state index in [1.54, 1.807) is 12.1 Å². The van der Waals surface area contributed by atoms with E-state index in [-0.39, 0.29) is 5.82 Å². The van der Waals surface area contributed by atoms with Crippen molar-refractivity contribution < 1.29 is 4.39 Å². The molecule has 116 valence electrons. The first-order valence-electron chi connectivity index (χ1n) is 8.76. The SMILES string of the molecule is CCCCC(NCC(C1CC1)C1CC1)c1ccc(F)cc1. The van der Waals surface area contributed by atoms with Gasteiger partial charge in [-0.25, -0.2) is 4.39 Å². The van der Waals surface area contributed by atoms with Gasteiger partial charge >= 0.3 is 0 Å². The van der Waals surface area contributed by atoms with Gasteiger partial charge < -0.3 is 5.32 Å². The Morgan fingerprint density at radius 2 is 1.71 bits per heavy atom. The summed E-state index contributed by atoms with van der Waals surface area (Å²) in [6.45, 7) is 3.39. The van der Waals surface area contributed by atoms with Crippen LogP contribution in [0.25, 0.3) is 0 Å². The highest BCUT2D eigenvalue weighted by atomic mass is 19.1. The van der Waals surface area contributed by atoms with E-state index < -0.39 is 0 Å². The highest BCUT2D eigenvalue weighted by Gasteiger charge is 2.41. The molecule has 0 spiro atoms. The van der Waals surface area contributed by atoms with Gasteiger partial charge in [0.25, 0.3) is 0 Å². The fourth-order valence-electron chi connectivity index (χ4n) is 3.54. The third-order valence-electron chi connectivity index (χ3n) is 5.17. The second kappa shape index (κ2) is 6.91. The van der Waals surface area contributed by atoms with Crippen molar-refractivity contribution in [2.75, 3.05) is 6.54 Å². The molecule has 2 saturated carbocycles. The van der Waals surface area contributed by atoms with E-state index in [1.807, 2.05) is 12.1 Å². The molecule has 2 aliphatic rings. The Balaban J connectivity index is 1.59. The van der Waals surface area contributed by atoms with Crippen molar-refractivity contribution in [3.05, 3.63) is 35.6 Å². The van der Waals surface area contributed by atoms with Gasteiger partial charge in [0, 0.05) is 6.04 Å². The van der Waals surface area contributed by atoms with E-state index in [9.17, 15) is 4.39 Å². The third-order valence-corrected chi connectivity index (χ3v) is 5.17. The van der Waals surface area contributed by atoms with Gasteiger partial charge in [-0.05, 0) is 74.1 Å². The fourth-order valence-corrected chi connectivity index (χ4v) is 3.54. The zero-order valence-electron chi connectivity index (χ0n) is 13.2. The van der Waals surface area contributed by atoms with Crippen LogP contribution in [0.5, 0.6) is 0 Å². The van der Waals surface area contributed by atoms with Crippen molar-refractivity contribution in [3.8, 4) is 0 Å². The third kappa shape index (κ3) is 4.29. The molecule has 1 aromatic carbocycles. The second-order valence-electron chi connectivity index (χ2n) is 6.99. The summed E-state index contributed by atoms with van der Waals surface area (Å²) in [6.07, 6.45) is 9.38. The van der Waals surface area contributed by atoms with Gasteiger partial charge in [0.1, 0.15) is 5.82 Å². The predicted octanol–water partition coefficient (Wildman–Crippen LogP) is 5.08. The number of unbranched alkanes of at least 4 members (excludes halogenated alkanes) is 1. The van der Waals surface area contributed by atoms with Gasteiger partial charge in [-0.3, -0.25) is 0 Å². The summed E-state index contributed by atoms with van der Waals surface area (Å²) >= 11 is 0. The van der Waals surface area contributed by atoms with Crippen LogP contribution in [0.3, 0.4) is 0 Å². The molecular formula is C19H28FN. The maximum Gasteiger partial charge on any atom is 0.123 e. The largest absolute Gasteiger partial charge is 0.310 e. The molecule has 1 nitrogen and oxygen atoms in total. The van der Waals surface area contributed by atoms with Crippen molar-refractivity contribution >= 4 is 0 Å². The Labute approximate surface area is 128 Å². The van der Waals surface area contributed by atoms with E-state index in [0.717, 1.165) is 30.7 Å². The van der Waals surface area contributed by atoms with E-state index in [2.05, 4.69) is 12.2 Å². The first-order valence-corrected chi connectivity index (χ1v) is 8.76. The van der Waals surface area contributed by atoms with Gasteiger partial charge in [-0.2, -0.15) is 0 Å². The van der Waals surface area contributed by atoms with Crippen LogP contribution >= 0.6 is 0 Å². The number of rotatable bonds is 9. The van der Waals surface area contributed by atoms with Crippen molar-refractivity contribution in [1.29, 1.82) is 0 Å². The first-order chi connectivity index (χ1) is 10.3. The first kappa shape index (κ1) is 15.0. The zero-order valence-corrected chi connectivity index (χ0v) is 13.2.